The van der Waals surface area contributed by atoms with Crippen LogP contribution in [0.4, 0.5) is 17.1 Å². The van der Waals surface area contributed by atoms with E-state index < -0.39 is 0 Å². The molecule has 2 aromatic rings. The Balaban J connectivity index is 1.84. The highest BCUT2D eigenvalue weighted by Gasteiger charge is 2.06. The number of anilines is 3. The van der Waals surface area contributed by atoms with Crippen LogP contribution in [0.15, 0.2) is 48.5 Å². The minimum Gasteiger partial charge on any atom is -0.492 e. The van der Waals surface area contributed by atoms with Gasteiger partial charge in [0.05, 0.1) is 12.3 Å². The monoisotopic (exact) mass is 341 g/mol. The number of hydrogen-bond acceptors (Lipinski definition) is 4. The third-order valence-electron chi connectivity index (χ3n) is 3.32. The third kappa shape index (κ3) is 6.18. The maximum Gasteiger partial charge on any atom is 0.226 e. The van der Waals surface area contributed by atoms with Crippen molar-refractivity contribution in [1.29, 1.82) is 0 Å². The Morgan fingerprint density at radius 1 is 1.00 bits per heavy atom. The van der Waals surface area contributed by atoms with Crippen LogP contribution in [0.2, 0.25) is 0 Å². The van der Waals surface area contributed by atoms with Gasteiger partial charge in [-0.05, 0) is 37.3 Å². The van der Waals surface area contributed by atoms with Crippen molar-refractivity contribution in [3.8, 4) is 5.75 Å². The largest absolute Gasteiger partial charge is 0.492 e. The molecule has 0 heterocycles. The van der Waals surface area contributed by atoms with Gasteiger partial charge in [-0.1, -0.05) is 18.2 Å². The first kappa shape index (κ1) is 18.3. The normalized spacial score (nSPS) is 10.0. The highest BCUT2D eigenvalue weighted by atomic mass is 16.5. The van der Waals surface area contributed by atoms with Crippen LogP contribution in [0.5, 0.6) is 5.75 Å². The Bertz CT molecular complexity index is 731. The predicted molar refractivity (Wildman–Crippen MR) is 100 cm³/mol. The molecular weight excluding hydrogens is 318 g/mol. The Labute approximate surface area is 147 Å². The molecule has 0 saturated carbocycles. The predicted octanol–water partition coefficient (Wildman–Crippen LogP) is 3.48. The molecule has 6 heteroatoms. The highest BCUT2D eigenvalue weighted by molar-refractivity contribution is 5.93. The molecule has 0 saturated heterocycles. The van der Waals surface area contributed by atoms with Gasteiger partial charge in [0.15, 0.2) is 0 Å². The summed E-state index contributed by atoms with van der Waals surface area (Å²) in [6, 6.07) is 14.7. The zero-order valence-corrected chi connectivity index (χ0v) is 14.5. The first-order valence-corrected chi connectivity index (χ1v) is 8.21. The van der Waals surface area contributed by atoms with Gasteiger partial charge in [-0.3, -0.25) is 9.59 Å². The molecule has 0 aliphatic rings. The molecule has 2 aromatic carbocycles. The van der Waals surface area contributed by atoms with Gasteiger partial charge >= 0.3 is 0 Å². The van der Waals surface area contributed by atoms with E-state index >= 15 is 0 Å². The van der Waals surface area contributed by atoms with Crippen LogP contribution < -0.4 is 20.7 Å². The van der Waals surface area contributed by atoms with Crippen molar-refractivity contribution in [3.63, 3.8) is 0 Å². The number of amides is 2. The molecule has 132 valence electrons. The Hall–Kier alpha value is -3.02. The van der Waals surface area contributed by atoms with E-state index in [-0.39, 0.29) is 11.8 Å². The van der Waals surface area contributed by atoms with E-state index in [2.05, 4.69) is 16.0 Å². The lowest BCUT2D eigenvalue weighted by molar-refractivity contribution is -0.116. The van der Waals surface area contributed by atoms with Crippen molar-refractivity contribution >= 4 is 28.9 Å². The Morgan fingerprint density at radius 2 is 1.72 bits per heavy atom. The maximum absolute atomic E-state index is 12.1. The smallest absolute Gasteiger partial charge is 0.226 e. The first-order valence-electron chi connectivity index (χ1n) is 8.21. The summed E-state index contributed by atoms with van der Waals surface area (Å²) in [6.07, 6.45) is 0.310. The Morgan fingerprint density at radius 3 is 2.44 bits per heavy atom. The molecule has 25 heavy (non-hydrogen) atoms. The summed E-state index contributed by atoms with van der Waals surface area (Å²) >= 11 is 0. The summed E-state index contributed by atoms with van der Waals surface area (Å²) in [6.45, 7) is 4.45. The van der Waals surface area contributed by atoms with E-state index in [1.807, 2.05) is 31.2 Å². The van der Waals surface area contributed by atoms with Crippen molar-refractivity contribution in [2.24, 2.45) is 0 Å². The van der Waals surface area contributed by atoms with Crippen LogP contribution in [-0.2, 0) is 9.59 Å². The number of rotatable bonds is 8. The quantitative estimate of drug-likeness (QED) is 0.687. The molecule has 0 aliphatic heterocycles. The molecule has 0 atom stereocenters. The number of hydrogen-bond donors (Lipinski definition) is 3. The molecule has 0 fully saturated rings. The number of para-hydroxylation sites is 2. The maximum atomic E-state index is 12.1. The second-order valence-corrected chi connectivity index (χ2v) is 5.42. The molecule has 0 aliphatic carbocycles. The van der Waals surface area contributed by atoms with Gasteiger partial charge < -0.3 is 20.7 Å². The fourth-order valence-electron chi connectivity index (χ4n) is 2.31. The van der Waals surface area contributed by atoms with Crippen molar-refractivity contribution in [3.05, 3.63) is 48.5 Å². The molecule has 3 N–H and O–H groups in total. The highest BCUT2D eigenvalue weighted by Crippen LogP contribution is 2.23. The van der Waals surface area contributed by atoms with Gasteiger partial charge in [-0.2, -0.15) is 0 Å². The van der Waals surface area contributed by atoms with Crippen molar-refractivity contribution < 1.29 is 14.3 Å². The van der Waals surface area contributed by atoms with Crippen LogP contribution in [0.3, 0.4) is 0 Å². The van der Waals surface area contributed by atoms with E-state index in [4.69, 9.17) is 4.74 Å². The van der Waals surface area contributed by atoms with Gasteiger partial charge in [0, 0.05) is 31.3 Å². The molecule has 0 bridgehead atoms. The van der Waals surface area contributed by atoms with Gasteiger partial charge in [0.25, 0.3) is 0 Å². The topological polar surface area (TPSA) is 79.5 Å². The summed E-state index contributed by atoms with van der Waals surface area (Å²) in [5, 5.41) is 8.71. The van der Waals surface area contributed by atoms with E-state index in [1.54, 1.807) is 24.3 Å². The average Bonchev–Trinajstić information content (AvgIpc) is 2.56. The van der Waals surface area contributed by atoms with Crippen molar-refractivity contribution in [1.82, 2.24) is 0 Å². The fourth-order valence-corrected chi connectivity index (χ4v) is 2.31. The molecule has 0 unspecified atom stereocenters. The number of carbonyl (C=O) groups excluding carboxylic acids is 2. The van der Waals surface area contributed by atoms with Gasteiger partial charge in [0.1, 0.15) is 5.75 Å². The zero-order valence-electron chi connectivity index (χ0n) is 14.5. The second kappa shape index (κ2) is 9.32. The number of ether oxygens (including phenoxy) is 1. The molecule has 2 amide bonds. The molecule has 6 nitrogen and oxygen atoms in total. The number of carbonyl (C=O) groups is 2. The summed E-state index contributed by atoms with van der Waals surface area (Å²) in [5.41, 5.74) is 2.16. The van der Waals surface area contributed by atoms with Crippen molar-refractivity contribution in [2.45, 2.75) is 20.3 Å². The van der Waals surface area contributed by atoms with Crippen molar-refractivity contribution in [2.75, 3.05) is 29.1 Å². The summed E-state index contributed by atoms with van der Waals surface area (Å²) < 4.78 is 5.54. The number of benzene rings is 2. The molecular formula is C19H23N3O3. The van der Waals surface area contributed by atoms with Gasteiger partial charge in [-0.15, -0.1) is 0 Å². The first-order chi connectivity index (χ1) is 12.1. The SMILES string of the molecule is CCOc1ccccc1NCCC(=O)Nc1cccc(NC(C)=O)c1. The van der Waals surface area contributed by atoms with Gasteiger partial charge in [0.2, 0.25) is 11.8 Å². The zero-order chi connectivity index (χ0) is 18.1. The van der Waals surface area contributed by atoms with Crippen LogP contribution in [0.1, 0.15) is 20.3 Å². The summed E-state index contributed by atoms with van der Waals surface area (Å²) in [5.74, 6) is 0.510. The Kier molecular flexibility index (Phi) is 6.83. The number of nitrogens with one attached hydrogen (secondary N) is 3. The minimum absolute atomic E-state index is 0.110. The summed E-state index contributed by atoms with van der Waals surface area (Å²) in [4.78, 5) is 23.2. The summed E-state index contributed by atoms with van der Waals surface area (Å²) in [7, 11) is 0. The molecule has 0 spiro atoms. The lowest BCUT2D eigenvalue weighted by Gasteiger charge is -2.12. The lowest BCUT2D eigenvalue weighted by atomic mass is 10.2. The standard InChI is InChI=1S/C19H23N3O3/c1-3-25-18-10-5-4-9-17(18)20-12-11-19(24)22-16-8-6-7-15(13-16)21-14(2)23/h4-10,13,20H,3,11-12H2,1-2H3,(H,21,23)(H,22,24). The van der Waals surface area contributed by atoms with Crippen LogP contribution in [0, 0.1) is 0 Å². The van der Waals surface area contributed by atoms with E-state index in [0.29, 0.717) is 30.9 Å². The van der Waals surface area contributed by atoms with E-state index in [0.717, 1.165) is 11.4 Å². The molecule has 0 aromatic heterocycles. The van der Waals surface area contributed by atoms with Crippen LogP contribution in [0.25, 0.3) is 0 Å². The van der Waals surface area contributed by atoms with Gasteiger partial charge in [-0.25, -0.2) is 0 Å². The van der Waals surface area contributed by atoms with Crippen LogP contribution >= 0.6 is 0 Å². The average molecular weight is 341 g/mol. The molecule has 2 rings (SSSR count). The molecule has 0 radical (unpaired) electrons. The van der Waals surface area contributed by atoms with E-state index in [1.165, 1.54) is 6.92 Å². The third-order valence-corrected chi connectivity index (χ3v) is 3.32. The van der Waals surface area contributed by atoms with E-state index in [9.17, 15) is 9.59 Å². The van der Waals surface area contributed by atoms with Crippen LogP contribution in [-0.4, -0.2) is 25.0 Å². The minimum atomic E-state index is -0.152. The lowest BCUT2D eigenvalue weighted by Crippen LogP contribution is -2.16. The second-order valence-electron chi connectivity index (χ2n) is 5.42. The fraction of sp³-hybridized carbons (Fsp3) is 0.263.